The number of amides is 2. The summed E-state index contributed by atoms with van der Waals surface area (Å²) >= 11 is 0. The summed E-state index contributed by atoms with van der Waals surface area (Å²) in [6.45, 7) is 3.97. The lowest BCUT2D eigenvalue weighted by Gasteiger charge is -2.30. The molecule has 0 atom stereocenters. The van der Waals surface area contributed by atoms with E-state index in [1.54, 1.807) is 34.1 Å². The molecule has 2 aliphatic heterocycles. The van der Waals surface area contributed by atoms with Crippen molar-refractivity contribution in [3.63, 3.8) is 0 Å². The van der Waals surface area contributed by atoms with Crippen molar-refractivity contribution in [1.29, 1.82) is 0 Å². The fourth-order valence-corrected chi connectivity index (χ4v) is 3.34. The first-order valence-electron chi connectivity index (χ1n) is 8.90. The Hall–Kier alpha value is -2.37. The highest BCUT2D eigenvalue weighted by Gasteiger charge is 2.27. The number of carbonyl (C=O) groups excluding carboxylic acids is 3. The van der Waals surface area contributed by atoms with Crippen molar-refractivity contribution in [2.45, 2.75) is 32.6 Å². The zero-order valence-electron chi connectivity index (χ0n) is 14.6. The maximum atomic E-state index is 12.4. The molecule has 0 saturated carbocycles. The molecule has 2 amide bonds. The largest absolute Gasteiger partial charge is 0.452 e. The molecule has 6 nitrogen and oxygen atoms in total. The van der Waals surface area contributed by atoms with Crippen molar-refractivity contribution in [3.05, 3.63) is 29.8 Å². The highest BCUT2D eigenvalue weighted by atomic mass is 16.5. The van der Waals surface area contributed by atoms with Gasteiger partial charge in [0, 0.05) is 26.1 Å². The lowest BCUT2D eigenvalue weighted by molar-refractivity contribution is -0.135. The van der Waals surface area contributed by atoms with Crippen LogP contribution in [0.1, 0.15) is 43.0 Å². The molecule has 0 bridgehead atoms. The first kappa shape index (κ1) is 17.5. The van der Waals surface area contributed by atoms with E-state index in [0.29, 0.717) is 30.1 Å². The third-order valence-electron chi connectivity index (χ3n) is 4.95. The Labute approximate surface area is 147 Å². The standard InChI is InChI=1S/C19H24N2O4/c1-14-8-11-20(12-9-14)18(23)13-25-19(24)15-5-2-3-6-16(15)21-10-4-7-17(21)22/h2-3,5-6,14H,4,7-13H2,1H3. The van der Waals surface area contributed by atoms with Crippen LogP contribution in [-0.2, 0) is 14.3 Å². The average molecular weight is 344 g/mol. The first-order chi connectivity index (χ1) is 12.1. The summed E-state index contributed by atoms with van der Waals surface area (Å²) in [6, 6.07) is 6.90. The highest BCUT2D eigenvalue weighted by molar-refractivity contribution is 6.03. The Morgan fingerprint density at radius 1 is 1.16 bits per heavy atom. The molecule has 0 aromatic heterocycles. The van der Waals surface area contributed by atoms with Crippen LogP contribution in [0.3, 0.4) is 0 Å². The second kappa shape index (κ2) is 7.68. The van der Waals surface area contributed by atoms with Gasteiger partial charge in [-0.25, -0.2) is 4.79 Å². The summed E-state index contributed by atoms with van der Waals surface area (Å²) in [5, 5.41) is 0. The molecule has 2 fully saturated rings. The monoisotopic (exact) mass is 344 g/mol. The molecule has 1 aromatic carbocycles. The minimum atomic E-state index is -0.561. The normalized spacial score (nSPS) is 18.5. The number of para-hydroxylation sites is 1. The molecule has 2 aliphatic rings. The van der Waals surface area contributed by atoms with Gasteiger partial charge in [0.2, 0.25) is 5.91 Å². The number of nitrogens with zero attached hydrogens (tertiary/aromatic N) is 2. The molecular weight excluding hydrogens is 320 g/mol. The lowest BCUT2D eigenvalue weighted by atomic mass is 9.99. The van der Waals surface area contributed by atoms with Crippen LogP contribution >= 0.6 is 0 Å². The summed E-state index contributed by atoms with van der Waals surface area (Å²) in [7, 11) is 0. The zero-order valence-corrected chi connectivity index (χ0v) is 14.6. The zero-order chi connectivity index (χ0) is 17.8. The molecule has 0 aliphatic carbocycles. The second-order valence-corrected chi connectivity index (χ2v) is 6.81. The molecule has 2 saturated heterocycles. The molecule has 0 radical (unpaired) electrons. The minimum Gasteiger partial charge on any atom is -0.452 e. The van der Waals surface area contributed by atoms with Crippen LogP contribution in [0.2, 0.25) is 0 Å². The molecule has 3 rings (SSSR count). The van der Waals surface area contributed by atoms with Gasteiger partial charge in [0.25, 0.3) is 5.91 Å². The number of hydrogen-bond donors (Lipinski definition) is 0. The molecule has 6 heteroatoms. The Bertz CT molecular complexity index is 665. The van der Waals surface area contributed by atoms with Crippen molar-refractivity contribution in [1.82, 2.24) is 4.90 Å². The quantitative estimate of drug-likeness (QED) is 0.786. The number of hydrogen-bond acceptors (Lipinski definition) is 4. The van der Waals surface area contributed by atoms with Gasteiger partial charge in [0.05, 0.1) is 11.3 Å². The van der Waals surface area contributed by atoms with Gasteiger partial charge in [0.15, 0.2) is 6.61 Å². The van der Waals surface area contributed by atoms with Crippen LogP contribution in [0.5, 0.6) is 0 Å². The van der Waals surface area contributed by atoms with Crippen LogP contribution in [-0.4, -0.2) is 48.9 Å². The van der Waals surface area contributed by atoms with Gasteiger partial charge in [-0.1, -0.05) is 19.1 Å². The van der Waals surface area contributed by atoms with Crippen molar-refractivity contribution < 1.29 is 19.1 Å². The van der Waals surface area contributed by atoms with E-state index in [-0.39, 0.29) is 18.4 Å². The van der Waals surface area contributed by atoms with Crippen LogP contribution in [0.15, 0.2) is 24.3 Å². The van der Waals surface area contributed by atoms with Crippen molar-refractivity contribution in [2.75, 3.05) is 31.1 Å². The molecule has 1 aromatic rings. The van der Waals surface area contributed by atoms with E-state index in [0.717, 1.165) is 32.4 Å². The van der Waals surface area contributed by atoms with Crippen LogP contribution < -0.4 is 4.90 Å². The summed E-state index contributed by atoms with van der Waals surface area (Å²) < 4.78 is 5.24. The summed E-state index contributed by atoms with van der Waals surface area (Å²) in [6.07, 6.45) is 3.25. The van der Waals surface area contributed by atoms with Gasteiger partial charge in [-0.2, -0.15) is 0 Å². The number of benzene rings is 1. The Morgan fingerprint density at radius 2 is 1.88 bits per heavy atom. The third-order valence-corrected chi connectivity index (χ3v) is 4.95. The number of likely N-dealkylation sites (tertiary alicyclic amines) is 1. The number of anilines is 1. The van der Waals surface area contributed by atoms with Gasteiger partial charge in [-0.3, -0.25) is 9.59 Å². The molecule has 2 heterocycles. The molecule has 134 valence electrons. The van der Waals surface area contributed by atoms with Crippen molar-refractivity contribution in [2.24, 2.45) is 5.92 Å². The minimum absolute atomic E-state index is 0.0127. The predicted octanol–water partition coefficient (Wildman–Crippen LogP) is 2.23. The Balaban J connectivity index is 1.62. The van der Waals surface area contributed by atoms with Gasteiger partial charge in [-0.05, 0) is 37.3 Å². The van der Waals surface area contributed by atoms with Gasteiger partial charge in [0.1, 0.15) is 0 Å². The summed E-state index contributed by atoms with van der Waals surface area (Å²) in [4.78, 5) is 40.0. The number of carbonyl (C=O) groups is 3. The molecule has 0 N–H and O–H groups in total. The fourth-order valence-electron chi connectivity index (χ4n) is 3.34. The van der Waals surface area contributed by atoms with Gasteiger partial charge < -0.3 is 14.5 Å². The molecular formula is C19H24N2O4. The fraction of sp³-hybridized carbons (Fsp3) is 0.526. The highest BCUT2D eigenvalue weighted by Crippen LogP contribution is 2.26. The van der Waals surface area contributed by atoms with Crippen molar-refractivity contribution >= 4 is 23.5 Å². The second-order valence-electron chi connectivity index (χ2n) is 6.81. The molecule has 0 unspecified atom stereocenters. The smallest absolute Gasteiger partial charge is 0.340 e. The predicted molar refractivity (Wildman–Crippen MR) is 93.3 cm³/mol. The van der Waals surface area contributed by atoms with E-state index < -0.39 is 5.97 Å². The van der Waals surface area contributed by atoms with E-state index in [4.69, 9.17) is 4.74 Å². The number of piperidine rings is 1. The van der Waals surface area contributed by atoms with Gasteiger partial charge in [-0.15, -0.1) is 0 Å². The van der Waals surface area contributed by atoms with E-state index in [1.807, 2.05) is 0 Å². The number of esters is 1. The SMILES string of the molecule is CC1CCN(C(=O)COC(=O)c2ccccc2N2CCCC2=O)CC1. The van der Waals surface area contributed by atoms with E-state index >= 15 is 0 Å². The van der Waals surface area contributed by atoms with Crippen LogP contribution in [0, 0.1) is 5.92 Å². The summed E-state index contributed by atoms with van der Waals surface area (Å²) in [5.74, 6) is -0.0701. The van der Waals surface area contributed by atoms with E-state index in [2.05, 4.69) is 6.92 Å². The maximum Gasteiger partial charge on any atom is 0.340 e. The lowest BCUT2D eigenvalue weighted by Crippen LogP contribution is -2.40. The van der Waals surface area contributed by atoms with Crippen LogP contribution in [0.4, 0.5) is 5.69 Å². The molecule has 25 heavy (non-hydrogen) atoms. The topological polar surface area (TPSA) is 66.9 Å². The average Bonchev–Trinajstić information content (AvgIpc) is 3.06. The van der Waals surface area contributed by atoms with Crippen molar-refractivity contribution in [3.8, 4) is 0 Å². The first-order valence-corrected chi connectivity index (χ1v) is 8.90. The third kappa shape index (κ3) is 4.00. The Kier molecular flexibility index (Phi) is 5.36. The van der Waals surface area contributed by atoms with E-state index in [1.165, 1.54) is 0 Å². The van der Waals surface area contributed by atoms with E-state index in [9.17, 15) is 14.4 Å². The van der Waals surface area contributed by atoms with Crippen LogP contribution in [0.25, 0.3) is 0 Å². The van der Waals surface area contributed by atoms with Gasteiger partial charge >= 0.3 is 5.97 Å². The summed E-state index contributed by atoms with van der Waals surface area (Å²) in [5.41, 5.74) is 0.895. The Morgan fingerprint density at radius 3 is 2.56 bits per heavy atom. The number of rotatable bonds is 4. The maximum absolute atomic E-state index is 12.4. The number of ether oxygens (including phenoxy) is 1. The molecule has 0 spiro atoms.